The average molecular weight is 328 g/mol. The number of aliphatic hydroxyl groups is 1. The normalized spacial score (nSPS) is 21.0. The van der Waals surface area contributed by atoms with Gasteiger partial charge in [0.15, 0.2) is 0 Å². The minimum absolute atomic E-state index is 0.0692. The molecule has 3 rings (SSSR count). The molecule has 1 aliphatic heterocycles. The molecule has 1 aliphatic rings. The number of aryl methyl sites for hydroxylation is 1. The van der Waals surface area contributed by atoms with Gasteiger partial charge in [0.25, 0.3) is 0 Å². The molecule has 2 heterocycles. The van der Waals surface area contributed by atoms with E-state index in [1.807, 2.05) is 23.1 Å². The molecule has 24 heavy (non-hydrogen) atoms. The van der Waals surface area contributed by atoms with Crippen LogP contribution in [0, 0.1) is 0 Å². The van der Waals surface area contributed by atoms with Crippen LogP contribution in [0.2, 0.25) is 0 Å². The van der Waals surface area contributed by atoms with E-state index in [2.05, 4.69) is 22.2 Å². The number of nitrogens with zero attached hydrogens (tertiary/aromatic N) is 4. The molecule has 1 saturated heterocycles. The van der Waals surface area contributed by atoms with Gasteiger partial charge in [-0.1, -0.05) is 30.3 Å². The number of likely N-dealkylation sites (tertiary alicyclic amines) is 1. The number of hydrogen-bond donors (Lipinski definition) is 1. The summed E-state index contributed by atoms with van der Waals surface area (Å²) in [4.78, 5) is 18.4. The first kappa shape index (κ1) is 16.6. The van der Waals surface area contributed by atoms with Crippen molar-refractivity contribution in [2.75, 3.05) is 19.7 Å². The Kier molecular flexibility index (Phi) is 5.25. The van der Waals surface area contributed by atoms with E-state index in [4.69, 9.17) is 0 Å². The molecule has 1 fully saturated rings. The summed E-state index contributed by atoms with van der Waals surface area (Å²) in [7, 11) is 0. The van der Waals surface area contributed by atoms with Gasteiger partial charge in [-0.05, 0) is 24.8 Å². The van der Waals surface area contributed by atoms with Crippen molar-refractivity contribution in [1.29, 1.82) is 0 Å². The zero-order valence-corrected chi connectivity index (χ0v) is 13.8. The van der Waals surface area contributed by atoms with Gasteiger partial charge in [-0.2, -0.15) is 5.10 Å². The first-order chi connectivity index (χ1) is 11.7. The molecule has 0 aliphatic carbocycles. The van der Waals surface area contributed by atoms with Crippen molar-refractivity contribution in [1.82, 2.24) is 19.7 Å². The summed E-state index contributed by atoms with van der Waals surface area (Å²) in [5, 5.41) is 14.1. The Morgan fingerprint density at radius 3 is 2.83 bits per heavy atom. The molecule has 1 atom stereocenters. The molecule has 0 saturated carbocycles. The highest BCUT2D eigenvalue weighted by molar-refractivity contribution is 5.76. The molecule has 1 N–H and O–H groups in total. The van der Waals surface area contributed by atoms with Crippen LogP contribution in [0.4, 0.5) is 0 Å². The lowest BCUT2D eigenvalue weighted by molar-refractivity contribution is -0.134. The summed E-state index contributed by atoms with van der Waals surface area (Å²) in [6, 6.07) is 10.1. The summed E-state index contributed by atoms with van der Waals surface area (Å²) in [6.07, 6.45) is 6.24. The van der Waals surface area contributed by atoms with Gasteiger partial charge in [0.05, 0.1) is 6.61 Å². The highest BCUT2D eigenvalue weighted by atomic mass is 16.3. The van der Waals surface area contributed by atoms with Crippen molar-refractivity contribution in [3.05, 3.63) is 48.5 Å². The van der Waals surface area contributed by atoms with Gasteiger partial charge in [0.1, 0.15) is 12.7 Å². The maximum absolute atomic E-state index is 12.6. The second-order valence-electron chi connectivity index (χ2n) is 6.49. The number of amides is 1. The predicted octanol–water partition coefficient (Wildman–Crippen LogP) is 1.61. The van der Waals surface area contributed by atoms with Crippen LogP contribution in [-0.4, -0.2) is 50.4 Å². The third-order valence-corrected chi connectivity index (χ3v) is 4.86. The Bertz CT molecular complexity index is 644. The van der Waals surface area contributed by atoms with E-state index in [1.165, 1.54) is 6.33 Å². The third kappa shape index (κ3) is 3.64. The number of piperidine rings is 1. The summed E-state index contributed by atoms with van der Waals surface area (Å²) in [5.41, 5.74) is 0.786. The molecule has 2 aromatic rings. The van der Waals surface area contributed by atoms with Crippen LogP contribution in [0.1, 0.15) is 31.2 Å². The quantitative estimate of drug-likeness (QED) is 0.874. The first-order valence-electron chi connectivity index (χ1n) is 8.50. The smallest absolute Gasteiger partial charge is 0.222 e. The Labute approximate surface area is 142 Å². The number of carbonyl (C=O) groups is 1. The fourth-order valence-corrected chi connectivity index (χ4v) is 3.49. The molecule has 0 bridgehead atoms. The second-order valence-corrected chi connectivity index (χ2v) is 6.49. The van der Waals surface area contributed by atoms with Gasteiger partial charge < -0.3 is 10.0 Å². The lowest BCUT2D eigenvalue weighted by Crippen LogP contribution is -2.50. The average Bonchev–Trinajstić information content (AvgIpc) is 3.16. The maximum atomic E-state index is 12.6. The molecule has 1 aromatic heterocycles. The van der Waals surface area contributed by atoms with Crippen molar-refractivity contribution < 1.29 is 9.90 Å². The van der Waals surface area contributed by atoms with Crippen molar-refractivity contribution in [3.63, 3.8) is 0 Å². The number of aromatic nitrogens is 3. The minimum Gasteiger partial charge on any atom is -0.395 e. The number of carbonyl (C=O) groups excluding carboxylic acids is 1. The number of hydrogen-bond acceptors (Lipinski definition) is 4. The highest BCUT2D eigenvalue weighted by Crippen LogP contribution is 2.34. The molecule has 0 spiro atoms. The predicted molar refractivity (Wildman–Crippen MR) is 90.3 cm³/mol. The van der Waals surface area contributed by atoms with Crippen molar-refractivity contribution in [2.45, 2.75) is 37.6 Å². The molecule has 0 radical (unpaired) electrons. The molecular formula is C18H24N4O2. The van der Waals surface area contributed by atoms with E-state index in [0.29, 0.717) is 19.5 Å². The highest BCUT2D eigenvalue weighted by Gasteiger charge is 2.37. The first-order valence-corrected chi connectivity index (χ1v) is 8.50. The summed E-state index contributed by atoms with van der Waals surface area (Å²) >= 11 is 0. The minimum atomic E-state index is -0.332. The van der Waals surface area contributed by atoms with Crippen molar-refractivity contribution in [3.8, 4) is 0 Å². The molecule has 6 heteroatoms. The molecule has 6 nitrogen and oxygen atoms in total. The monoisotopic (exact) mass is 328 g/mol. The van der Waals surface area contributed by atoms with Crippen LogP contribution in [-0.2, 0) is 16.8 Å². The third-order valence-electron chi connectivity index (χ3n) is 4.86. The van der Waals surface area contributed by atoms with Crippen LogP contribution in [0.5, 0.6) is 0 Å². The zero-order valence-electron chi connectivity index (χ0n) is 13.8. The second kappa shape index (κ2) is 7.57. The van der Waals surface area contributed by atoms with Crippen LogP contribution < -0.4 is 0 Å². The Balaban J connectivity index is 1.60. The van der Waals surface area contributed by atoms with Gasteiger partial charge in [-0.25, -0.2) is 4.98 Å². The standard InChI is InChI=1S/C18H24N4O2/c23-13-18(16-6-2-1-3-7-16)9-5-10-21(12-18)17(24)8-4-11-22-15-19-14-20-22/h1-3,6-7,14-15,23H,4-5,8-13H2. The fraction of sp³-hybridized carbons (Fsp3) is 0.500. The van der Waals surface area contributed by atoms with E-state index >= 15 is 0 Å². The summed E-state index contributed by atoms with van der Waals surface area (Å²) in [5.74, 6) is 0.156. The van der Waals surface area contributed by atoms with E-state index < -0.39 is 0 Å². The molecule has 1 unspecified atom stereocenters. The Morgan fingerprint density at radius 1 is 1.29 bits per heavy atom. The molecule has 1 amide bonds. The van der Waals surface area contributed by atoms with Gasteiger partial charge in [0, 0.05) is 31.5 Å². The van der Waals surface area contributed by atoms with E-state index in [9.17, 15) is 9.90 Å². The van der Waals surface area contributed by atoms with Crippen LogP contribution in [0.25, 0.3) is 0 Å². The number of rotatable bonds is 6. The summed E-state index contributed by atoms with van der Waals surface area (Å²) < 4.78 is 1.74. The summed E-state index contributed by atoms with van der Waals surface area (Å²) in [6.45, 7) is 2.13. The molecular weight excluding hydrogens is 304 g/mol. The number of benzene rings is 1. The SMILES string of the molecule is O=C(CCCn1cncn1)N1CCCC(CO)(c2ccccc2)C1. The lowest BCUT2D eigenvalue weighted by Gasteiger charge is -2.42. The van der Waals surface area contributed by atoms with E-state index in [0.717, 1.165) is 31.4 Å². The van der Waals surface area contributed by atoms with Gasteiger partial charge >= 0.3 is 0 Å². The fourth-order valence-electron chi connectivity index (χ4n) is 3.49. The van der Waals surface area contributed by atoms with Gasteiger partial charge in [-0.3, -0.25) is 9.48 Å². The lowest BCUT2D eigenvalue weighted by atomic mass is 9.74. The van der Waals surface area contributed by atoms with Crippen LogP contribution in [0.3, 0.4) is 0 Å². The van der Waals surface area contributed by atoms with Crippen LogP contribution in [0.15, 0.2) is 43.0 Å². The number of aliphatic hydroxyl groups excluding tert-OH is 1. The topological polar surface area (TPSA) is 71.2 Å². The maximum Gasteiger partial charge on any atom is 0.222 e. The molecule has 1 aromatic carbocycles. The van der Waals surface area contributed by atoms with Crippen molar-refractivity contribution >= 4 is 5.91 Å². The van der Waals surface area contributed by atoms with E-state index in [-0.39, 0.29) is 17.9 Å². The van der Waals surface area contributed by atoms with Gasteiger partial charge in [-0.15, -0.1) is 0 Å². The van der Waals surface area contributed by atoms with Crippen LogP contribution >= 0.6 is 0 Å². The molecule has 128 valence electrons. The van der Waals surface area contributed by atoms with E-state index in [1.54, 1.807) is 11.0 Å². The Hall–Kier alpha value is -2.21. The zero-order chi connectivity index (χ0) is 16.8. The largest absolute Gasteiger partial charge is 0.395 e. The van der Waals surface area contributed by atoms with Gasteiger partial charge in [0.2, 0.25) is 5.91 Å². The Morgan fingerprint density at radius 2 is 2.12 bits per heavy atom. The van der Waals surface area contributed by atoms with Crippen molar-refractivity contribution in [2.24, 2.45) is 0 Å².